The van der Waals surface area contributed by atoms with Crippen molar-refractivity contribution in [2.24, 2.45) is 0 Å². The summed E-state index contributed by atoms with van der Waals surface area (Å²) >= 11 is 0. The lowest BCUT2D eigenvalue weighted by atomic mass is 10.1. The van der Waals surface area contributed by atoms with E-state index in [4.69, 9.17) is 5.73 Å². The zero-order chi connectivity index (χ0) is 15.6. The summed E-state index contributed by atoms with van der Waals surface area (Å²) in [6.07, 6.45) is 0. The van der Waals surface area contributed by atoms with E-state index in [1.165, 1.54) is 23.1 Å². The van der Waals surface area contributed by atoms with Gasteiger partial charge in [0.15, 0.2) is 11.6 Å². The third-order valence-electron chi connectivity index (χ3n) is 3.00. The van der Waals surface area contributed by atoms with Crippen LogP contribution in [0.2, 0.25) is 0 Å². The molecule has 3 nitrogen and oxygen atoms in total. The van der Waals surface area contributed by atoms with Gasteiger partial charge in [-0.1, -0.05) is 6.07 Å². The highest BCUT2D eigenvalue weighted by molar-refractivity contribution is 6.09. The average Bonchev–Trinajstić information content (AvgIpc) is 2.43. The molecular formula is C15H13F3N2O. The summed E-state index contributed by atoms with van der Waals surface area (Å²) in [5, 5.41) is 0. The number of carbonyl (C=O) groups excluding carboxylic acids is 1. The van der Waals surface area contributed by atoms with Gasteiger partial charge in [-0.25, -0.2) is 13.2 Å². The molecule has 2 N–H and O–H groups in total. The number of amides is 1. The molecule has 0 aliphatic carbocycles. The van der Waals surface area contributed by atoms with Gasteiger partial charge in [-0.3, -0.25) is 4.79 Å². The van der Waals surface area contributed by atoms with Crippen LogP contribution in [0.25, 0.3) is 0 Å². The molecule has 2 rings (SSSR count). The molecule has 0 atom stereocenters. The van der Waals surface area contributed by atoms with E-state index in [9.17, 15) is 18.0 Å². The first-order valence-corrected chi connectivity index (χ1v) is 6.26. The summed E-state index contributed by atoms with van der Waals surface area (Å²) < 4.78 is 39.6. The Morgan fingerprint density at radius 1 is 1.14 bits per heavy atom. The second-order valence-electron chi connectivity index (χ2n) is 4.38. The number of rotatable bonds is 3. The van der Waals surface area contributed by atoms with Gasteiger partial charge >= 0.3 is 0 Å². The molecule has 0 bridgehead atoms. The van der Waals surface area contributed by atoms with Gasteiger partial charge in [0.05, 0.1) is 5.56 Å². The molecule has 0 unspecified atom stereocenters. The number of nitrogens with two attached hydrogens (primary N) is 1. The summed E-state index contributed by atoms with van der Waals surface area (Å²) in [6, 6.07) is 6.91. The Balaban J connectivity index is 2.44. The van der Waals surface area contributed by atoms with Gasteiger partial charge in [-0.15, -0.1) is 0 Å². The van der Waals surface area contributed by atoms with Crippen LogP contribution in [0.1, 0.15) is 17.3 Å². The number of anilines is 2. The SMILES string of the molecule is CCN(C(=O)c1cc(F)c(F)cc1N)c1cccc(F)c1. The highest BCUT2D eigenvalue weighted by Crippen LogP contribution is 2.23. The third-order valence-corrected chi connectivity index (χ3v) is 3.00. The quantitative estimate of drug-likeness (QED) is 0.882. The van der Waals surface area contributed by atoms with E-state index in [0.717, 1.165) is 12.1 Å². The Kier molecular flexibility index (Phi) is 4.16. The van der Waals surface area contributed by atoms with Crippen molar-refractivity contribution in [2.45, 2.75) is 6.92 Å². The van der Waals surface area contributed by atoms with Crippen molar-refractivity contribution in [3.05, 3.63) is 59.4 Å². The minimum Gasteiger partial charge on any atom is -0.398 e. The topological polar surface area (TPSA) is 46.3 Å². The average molecular weight is 294 g/mol. The number of nitrogen functional groups attached to an aromatic ring is 1. The highest BCUT2D eigenvalue weighted by atomic mass is 19.2. The Hall–Kier alpha value is -2.50. The van der Waals surface area contributed by atoms with E-state index < -0.39 is 23.4 Å². The largest absolute Gasteiger partial charge is 0.398 e. The van der Waals surface area contributed by atoms with Crippen molar-refractivity contribution in [3.8, 4) is 0 Å². The molecule has 0 radical (unpaired) electrons. The fourth-order valence-corrected chi connectivity index (χ4v) is 1.98. The molecule has 0 fully saturated rings. The smallest absolute Gasteiger partial charge is 0.260 e. The molecule has 0 aliphatic heterocycles. The van der Waals surface area contributed by atoms with Crippen molar-refractivity contribution >= 4 is 17.3 Å². The number of hydrogen-bond acceptors (Lipinski definition) is 2. The van der Waals surface area contributed by atoms with Crippen LogP contribution in [0.15, 0.2) is 36.4 Å². The van der Waals surface area contributed by atoms with Crippen LogP contribution >= 0.6 is 0 Å². The molecule has 0 aromatic heterocycles. The lowest BCUT2D eigenvalue weighted by molar-refractivity contribution is 0.0988. The molecule has 110 valence electrons. The van der Waals surface area contributed by atoms with E-state index in [2.05, 4.69) is 0 Å². The molecule has 21 heavy (non-hydrogen) atoms. The van der Waals surface area contributed by atoms with E-state index in [1.807, 2.05) is 0 Å². The Bertz CT molecular complexity index is 689. The number of benzene rings is 2. The van der Waals surface area contributed by atoms with Crippen LogP contribution < -0.4 is 10.6 Å². The van der Waals surface area contributed by atoms with Crippen LogP contribution in [0.3, 0.4) is 0 Å². The molecule has 0 spiro atoms. The van der Waals surface area contributed by atoms with Crippen molar-refractivity contribution in [1.29, 1.82) is 0 Å². The predicted molar refractivity (Wildman–Crippen MR) is 74.5 cm³/mol. The molecule has 0 saturated heterocycles. The van der Waals surface area contributed by atoms with Gasteiger partial charge in [0.25, 0.3) is 5.91 Å². The molecule has 2 aromatic carbocycles. The molecular weight excluding hydrogens is 281 g/mol. The first kappa shape index (κ1) is 14.9. The van der Waals surface area contributed by atoms with Gasteiger partial charge < -0.3 is 10.6 Å². The fraction of sp³-hybridized carbons (Fsp3) is 0.133. The Morgan fingerprint density at radius 3 is 2.43 bits per heavy atom. The highest BCUT2D eigenvalue weighted by Gasteiger charge is 2.21. The lowest BCUT2D eigenvalue weighted by Gasteiger charge is -2.22. The third kappa shape index (κ3) is 2.99. The van der Waals surface area contributed by atoms with Gasteiger partial charge in [0.1, 0.15) is 5.82 Å². The molecule has 1 amide bonds. The van der Waals surface area contributed by atoms with E-state index in [-0.39, 0.29) is 17.8 Å². The maximum Gasteiger partial charge on any atom is 0.260 e. The van der Waals surface area contributed by atoms with Crippen LogP contribution in [0.4, 0.5) is 24.5 Å². The molecule has 2 aromatic rings. The zero-order valence-corrected chi connectivity index (χ0v) is 11.2. The second kappa shape index (κ2) is 5.87. The van der Waals surface area contributed by atoms with Crippen molar-refractivity contribution in [2.75, 3.05) is 17.2 Å². The lowest BCUT2D eigenvalue weighted by Crippen LogP contribution is -2.31. The Labute approximate surface area is 119 Å². The molecule has 0 aliphatic rings. The van der Waals surface area contributed by atoms with E-state index in [1.54, 1.807) is 13.0 Å². The van der Waals surface area contributed by atoms with Crippen molar-refractivity contribution in [1.82, 2.24) is 0 Å². The summed E-state index contributed by atoms with van der Waals surface area (Å²) in [5.41, 5.74) is 5.54. The fourth-order valence-electron chi connectivity index (χ4n) is 1.98. The predicted octanol–water partition coefficient (Wildman–Crippen LogP) is 3.35. The van der Waals surface area contributed by atoms with Gasteiger partial charge in [-0.05, 0) is 31.2 Å². The molecule has 6 heteroatoms. The van der Waals surface area contributed by atoms with Gasteiger partial charge in [0.2, 0.25) is 0 Å². The van der Waals surface area contributed by atoms with Crippen LogP contribution in [-0.4, -0.2) is 12.5 Å². The number of nitrogens with zero attached hydrogens (tertiary/aromatic N) is 1. The maximum absolute atomic E-state index is 13.3. The molecule has 0 saturated carbocycles. The maximum atomic E-state index is 13.3. The summed E-state index contributed by atoms with van der Waals surface area (Å²) in [4.78, 5) is 13.6. The first-order chi connectivity index (χ1) is 9.93. The minimum absolute atomic E-state index is 0.167. The number of carbonyl (C=O) groups is 1. The van der Waals surface area contributed by atoms with Crippen LogP contribution in [-0.2, 0) is 0 Å². The second-order valence-corrected chi connectivity index (χ2v) is 4.38. The Morgan fingerprint density at radius 2 is 1.81 bits per heavy atom. The van der Waals surface area contributed by atoms with Crippen LogP contribution in [0, 0.1) is 17.5 Å². The number of halogens is 3. The number of hydrogen-bond donors (Lipinski definition) is 1. The van der Waals surface area contributed by atoms with Crippen LogP contribution in [0.5, 0.6) is 0 Å². The van der Waals surface area contributed by atoms with E-state index >= 15 is 0 Å². The zero-order valence-electron chi connectivity index (χ0n) is 11.2. The van der Waals surface area contributed by atoms with E-state index in [0.29, 0.717) is 5.69 Å². The summed E-state index contributed by atoms with van der Waals surface area (Å²) in [7, 11) is 0. The minimum atomic E-state index is -1.16. The van der Waals surface area contributed by atoms with Gasteiger partial charge in [-0.2, -0.15) is 0 Å². The monoisotopic (exact) mass is 294 g/mol. The molecule has 0 heterocycles. The van der Waals surface area contributed by atoms with Gasteiger partial charge in [0, 0.05) is 24.0 Å². The first-order valence-electron chi connectivity index (χ1n) is 6.26. The van der Waals surface area contributed by atoms with Crippen molar-refractivity contribution in [3.63, 3.8) is 0 Å². The summed E-state index contributed by atoms with van der Waals surface area (Å²) in [6.45, 7) is 1.90. The standard InChI is InChI=1S/C15H13F3N2O/c1-2-20(10-5-3-4-9(16)6-10)15(21)11-7-12(17)13(18)8-14(11)19/h3-8H,2,19H2,1H3. The van der Waals surface area contributed by atoms with Crippen molar-refractivity contribution < 1.29 is 18.0 Å². The normalized spacial score (nSPS) is 10.5. The summed E-state index contributed by atoms with van der Waals surface area (Å²) in [5.74, 6) is -3.42.